The summed E-state index contributed by atoms with van der Waals surface area (Å²) in [5.74, 6) is 1.09. The summed E-state index contributed by atoms with van der Waals surface area (Å²) in [5.41, 5.74) is 3.05. The zero-order valence-electron chi connectivity index (χ0n) is 11.9. The van der Waals surface area contributed by atoms with Gasteiger partial charge in [0.15, 0.2) is 0 Å². The van der Waals surface area contributed by atoms with Gasteiger partial charge in [-0.2, -0.15) is 0 Å². The molecule has 0 aliphatic heterocycles. The average Bonchev–Trinajstić information content (AvgIpc) is 2.91. The van der Waals surface area contributed by atoms with E-state index in [0.29, 0.717) is 6.04 Å². The van der Waals surface area contributed by atoms with Crippen LogP contribution in [0.5, 0.6) is 0 Å². The molecule has 3 heteroatoms. The zero-order valence-corrected chi connectivity index (χ0v) is 11.9. The van der Waals surface area contributed by atoms with Crippen LogP contribution < -0.4 is 5.32 Å². The summed E-state index contributed by atoms with van der Waals surface area (Å²) in [7, 11) is 0. The number of hydrogen-bond acceptors (Lipinski definition) is 2. The highest BCUT2D eigenvalue weighted by Crippen LogP contribution is 2.28. The van der Waals surface area contributed by atoms with Crippen LogP contribution in [0.4, 0.5) is 0 Å². The number of aryl methyl sites for hydroxylation is 2. The molecule has 1 atom stereocenters. The second kappa shape index (κ2) is 6.71. The molecule has 1 aliphatic carbocycles. The fraction of sp³-hybridized carbons (Fsp3) is 0.471. The number of imidazole rings is 1. The highest BCUT2D eigenvalue weighted by Gasteiger charge is 2.17. The van der Waals surface area contributed by atoms with Gasteiger partial charge in [0.2, 0.25) is 0 Å². The Labute approximate surface area is 120 Å². The van der Waals surface area contributed by atoms with Crippen LogP contribution in [-0.2, 0) is 12.8 Å². The summed E-state index contributed by atoms with van der Waals surface area (Å²) in [5, 5.41) is 3.74. The number of aromatic amines is 1. The van der Waals surface area contributed by atoms with Gasteiger partial charge in [-0.15, -0.1) is 0 Å². The smallest absolute Gasteiger partial charge is 0.106 e. The maximum atomic E-state index is 4.27. The number of H-pyrrole nitrogens is 1. The first kappa shape index (κ1) is 13.4. The topological polar surface area (TPSA) is 40.7 Å². The third-order valence-electron chi connectivity index (χ3n) is 4.16. The molecule has 1 aliphatic rings. The van der Waals surface area contributed by atoms with Gasteiger partial charge >= 0.3 is 0 Å². The molecule has 0 bridgehead atoms. The Bertz CT molecular complexity index is 519. The number of rotatable bonds is 5. The number of nitrogens with zero attached hydrogens (tertiary/aromatic N) is 1. The van der Waals surface area contributed by atoms with E-state index in [2.05, 4.69) is 39.6 Å². The van der Waals surface area contributed by atoms with Crippen LogP contribution in [0.3, 0.4) is 0 Å². The summed E-state index contributed by atoms with van der Waals surface area (Å²) in [6.07, 6.45) is 11.0. The van der Waals surface area contributed by atoms with Crippen LogP contribution in [0.25, 0.3) is 0 Å². The predicted octanol–water partition coefficient (Wildman–Crippen LogP) is 3.40. The third-order valence-corrected chi connectivity index (χ3v) is 4.16. The summed E-state index contributed by atoms with van der Waals surface area (Å²) in [6.45, 7) is 1.06. The van der Waals surface area contributed by atoms with Crippen LogP contribution in [0, 0.1) is 0 Å². The lowest BCUT2D eigenvalue weighted by Gasteiger charge is -2.19. The predicted molar refractivity (Wildman–Crippen MR) is 81.6 cm³/mol. The van der Waals surface area contributed by atoms with Crippen molar-refractivity contribution in [3.8, 4) is 0 Å². The van der Waals surface area contributed by atoms with Crippen LogP contribution in [0.15, 0.2) is 36.7 Å². The first-order chi connectivity index (χ1) is 9.93. The number of fused-ring (bicyclic) bond motifs is 1. The molecule has 0 fully saturated rings. The highest BCUT2D eigenvalue weighted by atomic mass is 14.9. The lowest BCUT2D eigenvalue weighted by atomic mass is 9.99. The molecule has 1 aromatic carbocycles. The molecule has 0 saturated carbocycles. The average molecular weight is 269 g/mol. The van der Waals surface area contributed by atoms with E-state index in [1.54, 1.807) is 0 Å². The van der Waals surface area contributed by atoms with Gasteiger partial charge < -0.3 is 10.3 Å². The minimum absolute atomic E-state index is 0.533. The largest absolute Gasteiger partial charge is 0.349 e. The number of nitrogens with one attached hydrogen (secondary N) is 2. The van der Waals surface area contributed by atoms with Gasteiger partial charge in [0, 0.05) is 24.9 Å². The lowest BCUT2D eigenvalue weighted by molar-refractivity contribution is 0.482. The molecular formula is C17H23N3. The SMILES string of the molecule is c1ccc2c(c1)CCCCC2NCCCc1ncc[nH]1. The standard InChI is InChI=1S/C17H23N3/c1-3-8-15-14(6-1)7-2-4-9-16(15)18-11-5-10-17-19-12-13-20-17/h1,3,6,8,12-13,16,18H,2,4-5,7,9-11H2,(H,19,20). The van der Waals surface area contributed by atoms with Gasteiger partial charge in [-0.1, -0.05) is 30.7 Å². The quantitative estimate of drug-likeness (QED) is 0.645. The molecule has 1 unspecified atom stereocenters. The van der Waals surface area contributed by atoms with Gasteiger partial charge in [0.1, 0.15) is 5.82 Å². The molecule has 2 N–H and O–H groups in total. The molecule has 106 valence electrons. The van der Waals surface area contributed by atoms with Gasteiger partial charge in [-0.3, -0.25) is 0 Å². The summed E-state index contributed by atoms with van der Waals surface area (Å²) < 4.78 is 0. The van der Waals surface area contributed by atoms with Crippen molar-refractivity contribution in [2.75, 3.05) is 6.54 Å². The second-order valence-corrected chi connectivity index (χ2v) is 5.59. The second-order valence-electron chi connectivity index (χ2n) is 5.59. The summed E-state index contributed by atoms with van der Waals surface area (Å²) >= 11 is 0. The van der Waals surface area contributed by atoms with Crippen molar-refractivity contribution in [1.82, 2.24) is 15.3 Å². The Balaban J connectivity index is 1.54. The van der Waals surface area contributed by atoms with E-state index in [1.807, 2.05) is 12.4 Å². The van der Waals surface area contributed by atoms with Gasteiger partial charge in [-0.25, -0.2) is 4.98 Å². The highest BCUT2D eigenvalue weighted by molar-refractivity contribution is 5.31. The Hall–Kier alpha value is -1.61. The van der Waals surface area contributed by atoms with E-state index in [-0.39, 0.29) is 0 Å². The van der Waals surface area contributed by atoms with Crippen LogP contribution in [-0.4, -0.2) is 16.5 Å². The van der Waals surface area contributed by atoms with Gasteiger partial charge in [0.25, 0.3) is 0 Å². The summed E-state index contributed by atoms with van der Waals surface area (Å²) in [4.78, 5) is 7.43. The van der Waals surface area contributed by atoms with Crippen molar-refractivity contribution >= 4 is 0 Å². The molecule has 1 heterocycles. The van der Waals surface area contributed by atoms with E-state index in [1.165, 1.54) is 36.8 Å². The molecule has 3 rings (SSSR count). The van der Waals surface area contributed by atoms with Crippen molar-refractivity contribution in [2.24, 2.45) is 0 Å². The number of aromatic nitrogens is 2. The molecule has 1 aromatic heterocycles. The monoisotopic (exact) mass is 269 g/mol. The van der Waals surface area contributed by atoms with Crippen LogP contribution in [0.2, 0.25) is 0 Å². The molecule has 0 amide bonds. The normalized spacial score (nSPS) is 18.5. The van der Waals surface area contributed by atoms with E-state index < -0.39 is 0 Å². The van der Waals surface area contributed by atoms with Crippen LogP contribution >= 0.6 is 0 Å². The Morgan fingerprint density at radius 3 is 3.10 bits per heavy atom. The van der Waals surface area contributed by atoms with Crippen molar-refractivity contribution in [2.45, 2.75) is 44.6 Å². The molecule has 20 heavy (non-hydrogen) atoms. The first-order valence-electron chi connectivity index (χ1n) is 7.73. The Morgan fingerprint density at radius 2 is 2.20 bits per heavy atom. The minimum atomic E-state index is 0.533. The zero-order chi connectivity index (χ0) is 13.6. The van der Waals surface area contributed by atoms with Gasteiger partial charge in [-0.05, 0) is 43.4 Å². The Kier molecular flexibility index (Phi) is 4.49. The van der Waals surface area contributed by atoms with E-state index in [0.717, 1.165) is 25.2 Å². The summed E-state index contributed by atoms with van der Waals surface area (Å²) in [6, 6.07) is 9.45. The van der Waals surface area contributed by atoms with Crippen molar-refractivity contribution in [3.05, 3.63) is 53.6 Å². The minimum Gasteiger partial charge on any atom is -0.349 e. The molecule has 0 saturated heterocycles. The number of benzene rings is 1. The fourth-order valence-corrected chi connectivity index (χ4v) is 3.10. The fourth-order valence-electron chi connectivity index (χ4n) is 3.10. The van der Waals surface area contributed by atoms with Crippen molar-refractivity contribution in [3.63, 3.8) is 0 Å². The third kappa shape index (κ3) is 3.28. The molecule has 3 nitrogen and oxygen atoms in total. The molecule has 0 radical (unpaired) electrons. The number of hydrogen-bond donors (Lipinski definition) is 2. The van der Waals surface area contributed by atoms with Crippen molar-refractivity contribution in [1.29, 1.82) is 0 Å². The molecule has 2 aromatic rings. The first-order valence-corrected chi connectivity index (χ1v) is 7.73. The Morgan fingerprint density at radius 1 is 1.25 bits per heavy atom. The molecular weight excluding hydrogens is 246 g/mol. The maximum Gasteiger partial charge on any atom is 0.106 e. The van der Waals surface area contributed by atoms with Crippen molar-refractivity contribution < 1.29 is 0 Å². The lowest BCUT2D eigenvalue weighted by Crippen LogP contribution is -2.23. The maximum absolute atomic E-state index is 4.27. The van der Waals surface area contributed by atoms with Crippen LogP contribution in [0.1, 0.15) is 48.7 Å². The van der Waals surface area contributed by atoms with Gasteiger partial charge in [0.05, 0.1) is 0 Å². The molecule has 0 spiro atoms. The van der Waals surface area contributed by atoms with E-state index in [9.17, 15) is 0 Å². The van der Waals surface area contributed by atoms with E-state index in [4.69, 9.17) is 0 Å². The van der Waals surface area contributed by atoms with E-state index >= 15 is 0 Å².